The first-order valence-electron chi connectivity index (χ1n) is 16.5. The van der Waals surface area contributed by atoms with E-state index in [4.69, 9.17) is 9.47 Å². The maximum Gasteiger partial charge on any atom is 0.255 e. The molecule has 2 aromatic carbocycles. The van der Waals surface area contributed by atoms with Crippen molar-refractivity contribution in [1.82, 2.24) is 19.9 Å². The molecule has 1 saturated heterocycles. The zero-order valence-electron chi connectivity index (χ0n) is 26.7. The molecule has 1 saturated carbocycles. The van der Waals surface area contributed by atoms with Crippen molar-refractivity contribution in [2.75, 3.05) is 32.1 Å². The number of carbonyl (C=O) groups excluding carboxylic acids is 1. The van der Waals surface area contributed by atoms with Gasteiger partial charge in [0.15, 0.2) is 5.82 Å². The predicted octanol–water partition coefficient (Wildman–Crippen LogP) is 8.12. The molecule has 8 nitrogen and oxygen atoms in total. The van der Waals surface area contributed by atoms with Crippen LogP contribution in [-0.2, 0) is 6.42 Å². The zero-order chi connectivity index (χ0) is 31.9. The maximum atomic E-state index is 15.1. The molecule has 2 fully saturated rings. The molecule has 240 valence electrons. The topological polar surface area (TPSA) is 89.5 Å². The van der Waals surface area contributed by atoms with Crippen molar-refractivity contribution in [3.63, 3.8) is 0 Å². The van der Waals surface area contributed by atoms with E-state index in [-0.39, 0.29) is 17.5 Å². The van der Waals surface area contributed by atoms with Gasteiger partial charge in [0, 0.05) is 18.2 Å². The van der Waals surface area contributed by atoms with Crippen LogP contribution in [0, 0.1) is 12.7 Å². The van der Waals surface area contributed by atoms with Crippen molar-refractivity contribution < 1.29 is 18.7 Å². The van der Waals surface area contributed by atoms with Crippen LogP contribution in [0.5, 0.6) is 17.4 Å². The minimum absolute atomic E-state index is 0.144. The lowest BCUT2D eigenvalue weighted by Crippen LogP contribution is -2.21. The molecule has 1 N–H and O–H groups in total. The molecule has 0 spiro atoms. The summed E-state index contributed by atoms with van der Waals surface area (Å²) in [5.41, 5.74) is 3.64. The fourth-order valence-electron chi connectivity index (χ4n) is 6.50. The summed E-state index contributed by atoms with van der Waals surface area (Å²) in [6, 6.07) is 14.8. The lowest BCUT2D eigenvalue weighted by Gasteiger charge is -2.23. The number of aryl methyl sites for hydroxylation is 2. The van der Waals surface area contributed by atoms with E-state index in [0.29, 0.717) is 46.5 Å². The van der Waals surface area contributed by atoms with Crippen LogP contribution in [0.15, 0.2) is 60.9 Å². The van der Waals surface area contributed by atoms with Crippen molar-refractivity contribution in [2.24, 2.45) is 0 Å². The van der Waals surface area contributed by atoms with Gasteiger partial charge >= 0.3 is 0 Å². The van der Waals surface area contributed by atoms with Gasteiger partial charge in [-0.3, -0.25) is 4.79 Å². The highest BCUT2D eigenvalue weighted by molar-refractivity contribution is 6.05. The average Bonchev–Trinajstić information content (AvgIpc) is 3.61. The van der Waals surface area contributed by atoms with Crippen molar-refractivity contribution in [3.8, 4) is 28.6 Å². The fourth-order valence-corrected chi connectivity index (χ4v) is 6.50. The van der Waals surface area contributed by atoms with E-state index in [2.05, 4.69) is 31.2 Å². The van der Waals surface area contributed by atoms with Crippen LogP contribution in [0.4, 0.5) is 10.1 Å². The predicted molar refractivity (Wildman–Crippen MR) is 177 cm³/mol. The molecule has 46 heavy (non-hydrogen) atoms. The van der Waals surface area contributed by atoms with Crippen LogP contribution in [0.3, 0.4) is 0 Å². The van der Waals surface area contributed by atoms with Crippen LogP contribution >= 0.6 is 0 Å². The van der Waals surface area contributed by atoms with E-state index in [1.54, 1.807) is 37.6 Å². The summed E-state index contributed by atoms with van der Waals surface area (Å²) in [4.78, 5) is 29.2. The monoisotopic (exact) mass is 623 g/mol. The molecule has 0 atom stereocenters. The normalized spacial score (nSPS) is 15.5. The summed E-state index contributed by atoms with van der Waals surface area (Å²) < 4.78 is 27.0. The highest BCUT2D eigenvalue weighted by Gasteiger charge is 2.20. The average molecular weight is 624 g/mol. The number of nitrogens with one attached hydrogen (secondary N) is 1. The largest absolute Gasteiger partial charge is 0.495 e. The molecule has 9 heteroatoms. The highest BCUT2D eigenvalue weighted by Crippen LogP contribution is 2.37. The number of methoxy groups -OCH3 is 1. The maximum absolute atomic E-state index is 15.1. The first kappa shape index (κ1) is 31.6. The number of benzene rings is 2. The Morgan fingerprint density at radius 3 is 2.63 bits per heavy atom. The molecule has 1 aliphatic heterocycles. The number of anilines is 1. The van der Waals surface area contributed by atoms with Crippen LogP contribution < -0.4 is 14.8 Å². The van der Waals surface area contributed by atoms with Gasteiger partial charge in [0.1, 0.15) is 23.0 Å². The fraction of sp³-hybridized carbons (Fsp3) is 0.405. The van der Waals surface area contributed by atoms with Gasteiger partial charge in [-0.05, 0) is 112 Å². The number of amides is 1. The van der Waals surface area contributed by atoms with E-state index in [1.165, 1.54) is 43.9 Å². The van der Waals surface area contributed by atoms with E-state index in [1.807, 2.05) is 25.1 Å². The molecule has 4 aromatic rings. The Morgan fingerprint density at radius 2 is 1.83 bits per heavy atom. The molecular weight excluding hydrogens is 581 g/mol. The van der Waals surface area contributed by atoms with Crippen LogP contribution in [0.25, 0.3) is 11.3 Å². The number of likely N-dealkylation sites (tertiary alicyclic amines) is 1. The number of hydrogen-bond donors (Lipinski definition) is 1. The smallest absolute Gasteiger partial charge is 0.255 e. The molecule has 1 amide bonds. The minimum Gasteiger partial charge on any atom is -0.495 e. The summed E-state index contributed by atoms with van der Waals surface area (Å²) in [5, 5.41) is 3.05. The Morgan fingerprint density at radius 1 is 1.00 bits per heavy atom. The number of rotatable bonds is 11. The second-order valence-electron chi connectivity index (χ2n) is 12.3. The Kier molecular flexibility index (Phi) is 10.2. The van der Waals surface area contributed by atoms with Gasteiger partial charge in [-0.1, -0.05) is 31.4 Å². The lowest BCUT2D eigenvalue weighted by molar-refractivity contribution is 0.102. The van der Waals surface area contributed by atoms with Gasteiger partial charge < -0.3 is 19.7 Å². The summed E-state index contributed by atoms with van der Waals surface area (Å²) in [7, 11) is 1.60. The molecular formula is C37H42FN5O3. The third kappa shape index (κ3) is 7.53. The number of ether oxygens (including phenoxy) is 2. The number of nitrogens with zero attached hydrogens (tertiary/aromatic N) is 4. The summed E-state index contributed by atoms with van der Waals surface area (Å²) in [5.74, 6) is 1.50. The Balaban J connectivity index is 1.20. The number of pyridine rings is 1. The van der Waals surface area contributed by atoms with Gasteiger partial charge in [-0.2, -0.15) is 0 Å². The summed E-state index contributed by atoms with van der Waals surface area (Å²) in [6.45, 7) is 5.14. The quantitative estimate of drug-likeness (QED) is 0.181. The number of hydrogen-bond acceptors (Lipinski definition) is 7. The van der Waals surface area contributed by atoms with Crippen molar-refractivity contribution >= 4 is 11.6 Å². The second-order valence-corrected chi connectivity index (χ2v) is 12.3. The van der Waals surface area contributed by atoms with Gasteiger partial charge in [0.2, 0.25) is 5.88 Å². The number of halogens is 1. The SMILES string of the molecule is COc1ccc(C2CCCCC2)cc1NC(=O)c1ccc(C)c(Oc2ncccc2-c2nc(CCCN3CCCC3)ncc2F)c1. The first-order chi connectivity index (χ1) is 22.5. The van der Waals surface area contributed by atoms with E-state index < -0.39 is 5.82 Å². The third-order valence-corrected chi connectivity index (χ3v) is 9.10. The van der Waals surface area contributed by atoms with E-state index in [0.717, 1.165) is 44.5 Å². The van der Waals surface area contributed by atoms with E-state index in [9.17, 15) is 4.79 Å². The van der Waals surface area contributed by atoms with Gasteiger partial charge in [0.25, 0.3) is 5.91 Å². The second kappa shape index (κ2) is 14.8. The van der Waals surface area contributed by atoms with Gasteiger partial charge in [-0.15, -0.1) is 0 Å². The third-order valence-electron chi connectivity index (χ3n) is 9.10. The zero-order valence-corrected chi connectivity index (χ0v) is 26.7. The highest BCUT2D eigenvalue weighted by atomic mass is 19.1. The molecule has 2 aliphatic rings. The summed E-state index contributed by atoms with van der Waals surface area (Å²) >= 11 is 0. The van der Waals surface area contributed by atoms with Crippen LogP contribution in [0.2, 0.25) is 0 Å². The van der Waals surface area contributed by atoms with Crippen molar-refractivity contribution in [3.05, 3.63) is 89.3 Å². The van der Waals surface area contributed by atoms with Crippen LogP contribution in [-0.4, -0.2) is 52.5 Å². The van der Waals surface area contributed by atoms with Crippen molar-refractivity contribution in [2.45, 2.75) is 70.6 Å². The lowest BCUT2D eigenvalue weighted by atomic mass is 9.84. The Labute approximate surface area is 270 Å². The molecule has 6 rings (SSSR count). The minimum atomic E-state index is -0.546. The molecule has 0 radical (unpaired) electrons. The Hall–Kier alpha value is -4.37. The summed E-state index contributed by atoms with van der Waals surface area (Å²) in [6.07, 6.45) is 12.9. The van der Waals surface area contributed by atoms with Gasteiger partial charge in [-0.25, -0.2) is 19.3 Å². The number of aromatic nitrogens is 3. The first-order valence-corrected chi connectivity index (χ1v) is 16.5. The molecule has 2 aromatic heterocycles. The molecule has 0 unspecified atom stereocenters. The van der Waals surface area contributed by atoms with E-state index >= 15 is 4.39 Å². The molecule has 3 heterocycles. The van der Waals surface area contributed by atoms with Crippen LogP contribution in [0.1, 0.15) is 84.6 Å². The molecule has 1 aliphatic carbocycles. The Bertz CT molecular complexity index is 1670. The standard InChI is InChI=1S/C37H42FN5O3/c1-25-14-15-28(36(44)41-31-22-27(16-17-32(31)45-2)26-10-4-3-5-11-26)23-33(25)46-37-29(12-8-18-39-37)35-30(38)24-40-34(42-35)13-9-21-43-19-6-7-20-43/h8,12,14-18,22-24,26H,3-7,9-11,13,19-21H2,1-2H3,(H,41,44). The van der Waals surface area contributed by atoms with Gasteiger partial charge in [0.05, 0.1) is 24.6 Å². The van der Waals surface area contributed by atoms with Crippen molar-refractivity contribution in [1.29, 1.82) is 0 Å². The molecule has 0 bridgehead atoms. The number of carbonyl (C=O) groups is 1.